The molecule has 0 saturated carbocycles. The van der Waals surface area contributed by atoms with Gasteiger partial charge in [0.2, 0.25) is 5.91 Å². The topological polar surface area (TPSA) is 85.2 Å². The van der Waals surface area contributed by atoms with Crippen LogP contribution in [0.15, 0.2) is 18.3 Å². The van der Waals surface area contributed by atoms with Crippen molar-refractivity contribution in [1.29, 1.82) is 0 Å². The van der Waals surface area contributed by atoms with E-state index in [0.717, 1.165) is 0 Å². The zero-order chi connectivity index (χ0) is 23.0. The van der Waals surface area contributed by atoms with Crippen molar-refractivity contribution in [2.24, 2.45) is 5.92 Å². The van der Waals surface area contributed by atoms with E-state index in [1.807, 2.05) is 13.8 Å². The fourth-order valence-electron chi connectivity index (χ4n) is 3.64. The summed E-state index contributed by atoms with van der Waals surface area (Å²) in [5, 5.41) is 3.00. The number of nitrogens with zero attached hydrogens (tertiary/aromatic N) is 3. The van der Waals surface area contributed by atoms with Crippen molar-refractivity contribution in [3.05, 3.63) is 35.7 Å². The lowest BCUT2D eigenvalue weighted by atomic mass is 10.0. The number of hydrogen-bond acceptors (Lipinski definition) is 5. The number of aromatic nitrogens is 2. The van der Waals surface area contributed by atoms with Gasteiger partial charge in [-0.25, -0.2) is 14.2 Å². The number of carbonyl (C=O) groups is 2. The number of rotatable bonds is 3. The molecule has 1 atom stereocenters. The molecular weight excluding hydrogens is 403 g/mol. The summed E-state index contributed by atoms with van der Waals surface area (Å²) in [7, 11) is 0. The number of fused-ring (bicyclic) bond motifs is 1. The molecule has 1 fully saturated rings. The molecule has 0 bridgehead atoms. The Morgan fingerprint density at radius 1 is 1.29 bits per heavy atom. The molecule has 8 nitrogen and oxygen atoms in total. The van der Waals surface area contributed by atoms with Gasteiger partial charge < -0.3 is 19.7 Å². The molecule has 9 heteroatoms. The molecule has 2 aromatic rings. The molecule has 1 aliphatic rings. The summed E-state index contributed by atoms with van der Waals surface area (Å²) in [5.41, 5.74) is -0.581. The Bertz CT molecular complexity index is 980. The number of amides is 2. The van der Waals surface area contributed by atoms with Crippen molar-refractivity contribution in [3.63, 3.8) is 0 Å². The van der Waals surface area contributed by atoms with Gasteiger partial charge in [0.1, 0.15) is 22.8 Å². The van der Waals surface area contributed by atoms with Gasteiger partial charge in [0.15, 0.2) is 0 Å². The van der Waals surface area contributed by atoms with Gasteiger partial charge in [-0.15, -0.1) is 0 Å². The molecule has 3 heterocycles. The van der Waals surface area contributed by atoms with Gasteiger partial charge in [0.25, 0.3) is 0 Å². The first-order chi connectivity index (χ1) is 14.4. The van der Waals surface area contributed by atoms with E-state index in [-0.39, 0.29) is 24.9 Å². The molecule has 1 N–H and O–H groups in total. The molecule has 1 aliphatic heterocycles. The second kappa shape index (κ2) is 8.45. The molecule has 170 valence electrons. The minimum atomic E-state index is -0.884. The standard InChI is InChI=1S/C22H31FN4O4/c1-14-17-16(23)8-7-9-27(17)19(24-14)22(5,6)25-18(28)15-12-26(10-11-30-13-15)20(29)31-21(2,3)4/h7-9,15H,10-13H2,1-6H3,(H,25,28). The van der Waals surface area contributed by atoms with Gasteiger partial charge >= 0.3 is 6.09 Å². The zero-order valence-electron chi connectivity index (χ0n) is 19.0. The third-order valence-electron chi connectivity index (χ3n) is 5.07. The maximum atomic E-state index is 14.3. The average Bonchev–Trinajstić information content (AvgIpc) is 2.84. The van der Waals surface area contributed by atoms with E-state index in [9.17, 15) is 14.0 Å². The first-order valence-corrected chi connectivity index (χ1v) is 10.4. The van der Waals surface area contributed by atoms with Gasteiger partial charge in [-0.3, -0.25) is 9.20 Å². The summed E-state index contributed by atoms with van der Waals surface area (Å²) >= 11 is 0. The van der Waals surface area contributed by atoms with Crippen LogP contribution in [-0.4, -0.2) is 58.2 Å². The molecule has 31 heavy (non-hydrogen) atoms. The molecular formula is C22H31FN4O4. The van der Waals surface area contributed by atoms with Gasteiger partial charge in [-0.2, -0.15) is 0 Å². The molecule has 1 saturated heterocycles. The predicted molar refractivity (Wildman–Crippen MR) is 113 cm³/mol. The maximum Gasteiger partial charge on any atom is 0.410 e. The lowest BCUT2D eigenvalue weighted by Gasteiger charge is -2.30. The predicted octanol–water partition coefficient (Wildman–Crippen LogP) is 3.02. The second-order valence-corrected chi connectivity index (χ2v) is 9.41. The molecule has 0 radical (unpaired) electrons. The molecule has 3 rings (SSSR count). The monoisotopic (exact) mass is 434 g/mol. The SMILES string of the molecule is Cc1nc(C(C)(C)NC(=O)C2COCCN(C(=O)OC(C)(C)C)C2)n2cccc(F)c12. The zero-order valence-corrected chi connectivity index (χ0v) is 19.0. The maximum absolute atomic E-state index is 14.3. The van der Waals surface area contributed by atoms with Gasteiger partial charge in [-0.05, 0) is 53.7 Å². The van der Waals surface area contributed by atoms with Crippen LogP contribution in [0, 0.1) is 18.7 Å². The third-order valence-corrected chi connectivity index (χ3v) is 5.07. The Morgan fingerprint density at radius 2 is 2.00 bits per heavy atom. The van der Waals surface area contributed by atoms with E-state index in [0.29, 0.717) is 30.2 Å². The van der Waals surface area contributed by atoms with E-state index in [2.05, 4.69) is 10.3 Å². The second-order valence-electron chi connectivity index (χ2n) is 9.41. The van der Waals surface area contributed by atoms with Crippen LogP contribution < -0.4 is 5.32 Å². The molecule has 0 aliphatic carbocycles. The van der Waals surface area contributed by atoms with Gasteiger partial charge in [0, 0.05) is 19.3 Å². The van der Waals surface area contributed by atoms with Crippen LogP contribution in [0.5, 0.6) is 0 Å². The summed E-state index contributed by atoms with van der Waals surface area (Å²) in [6, 6.07) is 2.98. The number of aryl methyl sites for hydroxylation is 1. The Labute approximate surface area is 181 Å². The number of hydrogen-bond donors (Lipinski definition) is 1. The molecule has 2 aromatic heterocycles. The highest BCUT2D eigenvalue weighted by atomic mass is 19.1. The van der Waals surface area contributed by atoms with Crippen molar-refractivity contribution >= 4 is 17.5 Å². The van der Waals surface area contributed by atoms with Crippen molar-refractivity contribution in [2.45, 2.75) is 52.7 Å². The van der Waals surface area contributed by atoms with Crippen molar-refractivity contribution in [3.8, 4) is 0 Å². The molecule has 0 aromatic carbocycles. The van der Waals surface area contributed by atoms with E-state index in [4.69, 9.17) is 9.47 Å². The van der Waals surface area contributed by atoms with Crippen molar-refractivity contribution < 1.29 is 23.5 Å². The molecule has 0 spiro atoms. The Balaban J connectivity index is 1.78. The van der Waals surface area contributed by atoms with Crippen LogP contribution in [0.2, 0.25) is 0 Å². The lowest BCUT2D eigenvalue weighted by molar-refractivity contribution is -0.128. The van der Waals surface area contributed by atoms with Crippen LogP contribution in [0.1, 0.15) is 46.1 Å². The van der Waals surface area contributed by atoms with E-state index in [1.165, 1.54) is 11.0 Å². The van der Waals surface area contributed by atoms with Gasteiger partial charge in [0.05, 0.1) is 30.4 Å². The number of carbonyl (C=O) groups excluding carboxylic acids is 2. The fourth-order valence-corrected chi connectivity index (χ4v) is 3.64. The van der Waals surface area contributed by atoms with Crippen LogP contribution in [0.3, 0.4) is 0 Å². The largest absolute Gasteiger partial charge is 0.444 e. The van der Waals surface area contributed by atoms with Crippen molar-refractivity contribution in [2.75, 3.05) is 26.3 Å². The summed E-state index contributed by atoms with van der Waals surface area (Å²) in [6.45, 7) is 11.8. The van der Waals surface area contributed by atoms with Crippen LogP contribution in [0.25, 0.3) is 5.52 Å². The first-order valence-electron chi connectivity index (χ1n) is 10.4. The highest BCUT2D eigenvalue weighted by Crippen LogP contribution is 2.25. The fraction of sp³-hybridized carbons (Fsp3) is 0.591. The molecule has 2 amide bonds. The molecule has 1 unspecified atom stereocenters. The number of halogens is 1. The minimum absolute atomic E-state index is 0.187. The Morgan fingerprint density at radius 3 is 2.68 bits per heavy atom. The minimum Gasteiger partial charge on any atom is -0.444 e. The number of imidazole rings is 1. The summed E-state index contributed by atoms with van der Waals surface area (Å²) < 4.78 is 26.9. The number of pyridine rings is 1. The van der Waals surface area contributed by atoms with E-state index in [1.54, 1.807) is 44.4 Å². The highest BCUT2D eigenvalue weighted by Gasteiger charge is 2.35. The summed E-state index contributed by atoms with van der Waals surface area (Å²) in [5.74, 6) is -0.693. The van der Waals surface area contributed by atoms with Crippen LogP contribution >= 0.6 is 0 Å². The smallest absolute Gasteiger partial charge is 0.410 e. The van der Waals surface area contributed by atoms with Gasteiger partial charge in [-0.1, -0.05) is 0 Å². The lowest BCUT2D eigenvalue weighted by Crippen LogP contribution is -2.49. The number of nitrogens with one attached hydrogen (secondary N) is 1. The van der Waals surface area contributed by atoms with E-state index < -0.39 is 23.2 Å². The summed E-state index contributed by atoms with van der Waals surface area (Å²) in [6.07, 6.45) is 1.25. The van der Waals surface area contributed by atoms with E-state index >= 15 is 0 Å². The Hall–Kier alpha value is -2.68. The average molecular weight is 435 g/mol. The quantitative estimate of drug-likeness (QED) is 0.803. The summed E-state index contributed by atoms with van der Waals surface area (Å²) in [4.78, 5) is 31.6. The first kappa shape index (κ1) is 23.0. The van der Waals surface area contributed by atoms with Crippen molar-refractivity contribution in [1.82, 2.24) is 19.6 Å². The Kier molecular flexibility index (Phi) is 6.27. The normalized spacial score (nSPS) is 18.0. The number of ether oxygens (including phenoxy) is 2. The van der Waals surface area contributed by atoms with Crippen LogP contribution in [-0.2, 0) is 19.8 Å². The highest BCUT2D eigenvalue weighted by molar-refractivity contribution is 5.81. The third kappa shape index (κ3) is 5.15. The van der Waals surface area contributed by atoms with Crippen LogP contribution in [0.4, 0.5) is 9.18 Å².